The molecule has 4 aromatic rings. The van der Waals surface area contributed by atoms with E-state index < -0.39 is 86.5 Å². The lowest BCUT2D eigenvalue weighted by Gasteiger charge is -2.40. The number of alkyl halides is 12. The molecule has 16 rings (SSSR count). The van der Waals surface area contributed by atoms with Gasteiger partial charge in [0.15, 0.2) is 0 Å². The van der Waals surface area contributed by atoms with Crippen LogP contribution in [0.2, 0.25) is 0 Å². The van der Waals surface area contributed by atoms with Gasteiger partial charge in [0.05, 0.1) is 81.4 Å². The van der Waals surface area contributed by atoms with Crippen molar-refractivity contribution >= 4 is 41.5 Å². The monoisotopic (exact) mass is 1990 g/mol. The molecule has 6 N–H and O–H groups in total. The highest BCUT2D eigenvalue weighted by Crippen LogP contribution is 2.53. The highest BCUT2D eigenvalue weighted by Gasteiger charge is 2.56. The number of benzene rings is 4. The van der Waals surface area contributed by atoms with Crippen molar-refractivity contribution in [3.63, 3.8) is 0 Å². The summed E-state index contributed by atoms with van der Waals surface area (Å²) in [5, 5.41) is 33.7. The maximum Gasteiger partial charge on any atom is 0.416 e. The molecule has 35 heteroatoms. The number of amides is 4. The number of aliphatic hydroxyl groups is 1. The van der Waals surface area contributed by atoms with Crippen LogP contribution in [-0.4, -0.2) is 220 Å². The van der Waals surface area contributed by atoms with Crippen molar-refractivity contribution in [1.82, 2.24) is 40.9 Å². The number of carbonyl (C=O) groups excluding carboxylic acids is 6. The van der Waals surface area contributed by atoms with E-state index in [4.69, 9.17) is 28.4 Å². The van der Waals surface area contributed by atoms with Gasteiger partial charge in [0, 0.05) is 154 Å². The zero-order valence-electron chi connectivity index (χ0n) is 82.8. The van der Waals surface area contributed by atoms with Crippen molar-refractivity contribution in [2.75, 3.05) is 99.9 Å². The molecule has 4 aliphatic carbocycles. The van der Waals surface area contributed by atoms with Crippen molar-refractivity contribution in [1.29, 1.82) is 0 Å². The van der Waals surface area contributed by atoms with Crippen molar-refractivity contribution in [2.45, 2.75) is 322 Å². The molecule has 8 fully saturated rings. The van der Waals surface area contributed by atoms with Gasteiger partial charge in [-0.1, -0.05) is 62.3 Å². The molecule has 8 heterocycles. The average Bonchev–Trinajstić information content (AvgIpc) is 1.57. The SMILES string of the molecule is CC(C)[C@]1(C(=O)N2CCc3c(CCCO)cc(C(F)(F)F)cc3C2)CC[C@@H](NC2CCOCC2)C1.CC(C)[C@]1(C(=O)N2CCc3c(cc(C(F)(F)F)cc3C(=O)O)C2)CC[C@@H](NC2CCOCC2)C1.COC(=O)c1cc(C(F)(F)F)cc2c1CCN(C(=O)[C@@]1(C(C)C)CC[C@@H](NC3CCOCC3)C1)C2.COC(=O)c1cc(C(F)(F)F)cc2c1CCN(C(=O)[C@@]1(C(C)C)CC[C@@H](NC3CCOCC3C)C1)C2. The highest BCUT2D eigenvalue weighted by atomic mass is 19.4. The summed E-state index contributed by atoms with van der Waals surface area (Å²) < 4.78 is 194. The predicted molar refractivity (Wildman–Crippen MR) is 499 cm³/mol. The third-order valence-corrected chi connectivity index (χ3v) is 33.0. The van der Waals surface area contributed by atoms with Crippen molar-refractivity contribution in [3.05, 3.63) is 138 Å². The van der Waals surface area contributed by atoms with Gasteiger partial charge in [0.2, 0.25) is 23.6 Å². The number of methoxy groups -OCH3 is 2. The normalized spacial score (nSPS) is 26.6. The Morgan fingerprint density at radius 3 is 0.950 bits per heavy atom. The second kappa shape index (κ2) is 45.7. The second-order valence-electron chi connectivity index (χ2n) is 42.5. The molecule has 0 spiro atoms. The second-order valence-corrected chi connectivity index (χ2v) is 42.5. The quantitative estimate of drug-likeness (QED) is 0.0315. The topological polar surface area (TPSA) is 276 Å². The first-order valence-electron chi connectivity index (χ1n) is 50.6. The molecule has 778 valence electrons. The molecular formula is C105H144F12N8O15. The Bertz CT molecular complexity index is 5010. The van der Waals surface area contributed by atoms with Gasteiger partial charge in [-0.2, -0.15) is 52.7 Å². The van der Waals surface area contributed by atoms with Crippen molar-refractivity contribution in [3.8, 4) is 0 Å². The van der Waals surface area contributed by atoms with Gasteiger partial charge in [0.25, 0.3) is 0 Å². The fourth-order valence-electron chi connectivity index (χ4n) is 24.5. The molecule has 4 amide bonds. The smallest absolute Gasteiger partial charge is 0.416 e. The average molecular weight is 1990 g/mol. The number of carboxylic acids is 1. The maximum absolute atomic E-state index is 14.0. The lowest BCUT2D eigenvalue weighted by Crippen LogP contribution is -2.50. The molecule has 12 aliphatic rings. The Kier molecular flexibility index (Phi) is 35.7. The molecule has 2 unspecified atom stereocenters. The van der Waals surface area contributed by atoms with Gasteiger partial charge < -0.3 is 79.5 Å². The van der Waals surface area contributed by atoms with Gasteiger partial charge in [-0.25, -0.2) is 14.4 Å². The van der Waals surface area contributed by atoms with Crippen LogP contribution >= 0.6 is 0 Å². The number of hydrogen-bond acceptors (Lipinski definition) is 18. The first-order valence-corrected chi connectivity index (χ1v) is 50.6. The van der Waals surface area contributed by atoms with E-state index in [1.54, 1.807) is 19.6 Å². The highest BCUT2D eigenvalue weighted by molar-refractivity contribution is 5.94. The number of aliphatic hydroxyl groups excluding tert-OH is 1. The Morgan fingerprint density at radius 2 is 0.664 bits per heavy atom. The number of ether oxygens (including phenoxy) is 6. The Morgan fingerprint density at radius 1 is 0.386 bits per heavy atom. The predicted octanol–water partition coefficient (Wildman–Crippen LogP) is 17.7. The molecule has 23 nitrogen and oxygen atoms in total. The molecule has 8 aliphatic heterocycles. The van der Waals surface area contributed by atoms with Crippen LogP contribution in [0.3, 0.4) is 0 Å². The van der Waals surface area contributed by atoms with E-state index in [0.717, 1.165) is 212 Å². The van der Waals surface area contributed by atoms with E-state index >= 15 is 0 Å². The first kappa shape index (κ1) is 109. The number of nitrogens with zero attached hydrogens (tertiary/aromatic N) is 4. The summed E-state index contributed by atoms with van der Waals surface area (Å²) in [5.74, 6) is -2.04. The maximum atomic E-state index is 14.0. The fraction of sp³-hybridized carbons (Fsp3) is 0.705. The van der Waals surface area contributed by atoms with Gasteiger partial charge in [-0.15, -0.1) is 0 Å². The number of hydrogen-bond donors (Lipinski definition) is 6. The van der Waals surface area contributed by atoms with Gasteiger partial charge in [-0.3, -0.25) is 19.2 Å². The third-order valence-electron chi connectivity index (χ3n) is 33.0. The van der Waals surface area contributed by atoms with Gasteiger partial charge >= 0.3 is 42.6 Å². The van der Waals surface area contributed by atoms with E-state index in [9.17, 15) is 96.5 Å². The van der Waals surface area contributed by atoms with Crippen LogP contribution in [0.5, 0.6) is 0 Å². The summed E-state index contributed by atoms with van der Waals surface area (Å²) in [7, 11) is 2.32. The molecule has 0 radical (unpaired) electrons. The third kappa shape index (κ3) is 24.8. The Labute approximate surface area is 814 Å². The number of rotatable bonds is 22. The number of esters is 2. The largest absolute Gasteiger partial charge is 0.478 e. The van der Waals surface area contributed by atoms with E-state index in [-0.39, 0.29) is 133 Å². The molecule has 0 bridgehead atoms. The van der Waals surface area contributed by atoms with Crippen LogP contribution in [0.1, 0.15) is 294 Å². The molecule has 4 saturated carbocycles. The lowest BCUT2D eigenvalue weighted by molar-refractivity contribution is -0.146. The van der Waals surface area contributed by atoms with Crippen molar-refractivity contribution < 1.29 is 125 Å². The molecule has 10 atom stereocenters. The summed E-state index contributed by atoms with van der Waals surface area (Å²) in [6, 6.07) is 10.6. The standard InChI is InChI=1S/C27H37F3N2O4.C27H39F3N2O3.C26H35F3N2O4.C25H33F3N2O4/c1-16(2)26(8-5-20(13-26)31-23-7-10-36-15-17(23)3)25(34)32-9-6-21-18(14-32)11-19(27(28,29)30)12-22(21)24(33)35-4;1-18(2)26(9-5-23(16-26)31-22-7-12-35-13-8-22)25(34)32-10-6-24-19(4-3-11-33)14-21(27(28,29)30)15-20(24)17-32;1-16(2)25(8-4-20(14-25)30-19-6-10-35-11-7-19)24(33)31-9-5-21-17(15-31)12-18(26(27,28)29)13-22(21)23(32)34-3;1-15(2)24(7-3-19(13-24)29-18-5-9-34-10-6-18)23(33)30-8-4-20-16(14-30)11-17(25(26,27)28)12-21(20)22(31)32/h11-12,16-17,20,23,31H,5-10,13-15H2,1-4H3;14-15,18,22-23,31,33H,3-13,16-17H2,1-2H3;12-13,16,19-20,30H,4-11,14-15H2,1-3H3;11-12,15,18-19,29H,3-10,13-14H2,1-2H3,(H,31,32)/t17?,20-,23?,26+;23-,26+;20-,25+;19-,24+/m1111/s1. The first-order chi connectivity index (χ1) is 66.1. The molecular weight excluding hydrogens is 1840 g/mol. The molecule has 4 saturated heterocycles. The van der Waals surface area contributed by atoms with E-state index in [1.807, 2.05) is 13.8 Å². The van der Waals surface area contributed by atoms with Crippen LogP contribution in [-0.2, 0) is 131 Å². The van der Waals surface area contributed by atoms with E-state index in [2.05, 4.69) is 69.7 Å². The summed E-state index contributed by atoms with van der Waals surface area (Å²) in [5.41, 5.74) is -1.41. The summed E-state index contributed by atoms with van der Waals surface area (Å²) in [6.45, 7) is 26.5. The summed E-state index contributed by atoms with van der Waals surface area (Å²) in [4.78, 5) is 98.8. The minimum absolute atomic E-state index is 0.00417. The molecule has 140 heavy (non-hydrogen) atoms. The Hall–Kier alpha value is -8.03. The van der Waals surface area contributed by atoms with Crippen LogP contribution in [0, 0.1) is 51.2 Å². The van der Waals surface area contributed by atoms with Crippen LogP contribution in [0.25, 0.3) is 0 Å². The fourth-order valence-corrected chi connectivity index (χ4v) is 24.5. The van der Waals surface area contributed by atoms with Crippen LogP contribution in [0.4, 0.5) is 52.7 Å². The molecule has 0 aromatic heterocycles. The van der Waals surface area contributed by atoms with Crippen molar-refractivity contribution in [2.24, 2.45) is 51.2 Å². The number of carboxylic acid groups (broad SMARTS) is 1. The number of aryl methyl sites for hydroxylation is 1. The lowest BCUT2D eigenvalue weighted by atomic mass is 9.73. The summed E-state index contributed by atoms with van der Waals surface area (Å²) >= 11 is 0. The zero-order chi connectivity index (χ0) is 102. The number of aromatic carboxylic acids is 1. The van der Waals surface area contributed by atoms with E-state index in [0.29, 0.717) is 146 Å². The molecule has 4 aromatic carbocycles. The minimum Gasteiger partial charge on any atom is -0.478 e. The number of carbonyl (C=O) groups is 7. The van der Waals surface area contributed by atoms with Crippen LogP contribution in [0.15, 0.2) is 48.5 Å². The van der Waals surface area contributed by atoms with Crippen LogP contribution < -0.4 is 21.3 Å². The van der Waals surface area contributed by atoms with Gasteiger partial charge in [-0.05, 0) is 289 Å². The number of nitrogens with one attached hydrogen (secondary N) is 4. The Balaban J connectivity index is 0.000000157. The number of fused-ring (bicyclic) bond motifs is 4. The van der Waals surface area contributed by atoms with E-state index in [1.165, 1.54) is 12.1 Å². The summed E-state index contributed by atoms with van der Waals surface area (Å²) in [6.07, 6.45) is 0.293. The number of halogens is 12. The minimum atomic E-state index is -4.65. The van der Waals surface area contributed by atoms with Gasteiger partial charge in [0.1, 0.15) is 0 Å². The zero-order valence-corrected chi connectivity index (χ0v) is 82.8.